The van der Waals surface area contributed by atoms with Crippen molar-refractivity contribution in [2.24, 2.45) is 0 Å². The van der Waals surface area contributed by atoms with Crippen LogP contribution in [0.5, 0.6) is 0 Å². The molecule has 1 aromatic carbocycles. The van der Waals surface area contributed by atoms with E-state index in [1.807, 2.05) is 6.92 Å². The molecule has 0 aromatic heterocycles. The van der Waals surface area contributed by atoms with E-state index in [0.29, 0.717) is 16.7 Å². The van der Waals surface area contributed by atoms with Crippen molar-refractivity contribution >= 4 is 27.5 Å². The molecule has 16 heavy (non-hydrogen) atoms. The van der Waals surface area contributed by atoms with Crippen molar-refractivity contribution in [3.8, 4) is 0 Å². The van der Waals surface area contributed by atoms with Gasteiger partial charge in [-0.05, 0) is 41.1 Å². The third-order valence-electron chi connectivity index (χ3n) is 2.26. The highest BCUT2D eigenvalue weighted by Crippen LogP contribution is 2.19. The van der Waals surface area contributed by atoms with Gasteiger partial charge in [0.2, 0.25) is 5.91 Å². The Balaban J connectivity index is 2.55. The van der Waals surface area contributed by atoms with Crippen LogP contribution in [0.4, 0.5) is 10.1 Å². The lowest BCUT2D eigenvalue weighted by Gasteiger charge is -2.15. The Morgan fingerprint density at radius 2 is 2.25 bits per heavy atom. The van der Waals surface area contributed by atoms with Gasteiger partial charge in [0, 0.05) is 19.3 Å². The first-order chi connectivity index (χ1) is 7.54. The highest BCUT2D eigenvalue weighted by molar-refractivity contribution is 9.10. The topological polar surface area (TPSA) is 32.3 Å². The van der Waals surface area contributed by atoms with E-state index in [1.54, 1.807) is 24.1 Å². The Morgan fingerprint density at radius 3 is 2.81 bits per heavy atom. The first-order valence-corrected chi connectivity index (χ1v) is 5.76. The number of halogens is 2. The molecule has 0 aliphatic carbocycles. The van der Waals surface area contributed by atoms with Crippen molar-refractivity contribution < 1.29 is 9.18 Å². The van der Waals surface area contributed by atoms with Crippen LogP contribution in [0.15, 0.2) is 22.7 Å². The number of likely N-dealkylation sites (N-methyl/N-ethyl adjacent to an activating group) is 1. The Labute approximate surface area is 103 Å². The molecule has 0 radical (unpaired) electrons. The van der Waals surface area contributed by atoms with Crippen LogP contribution in [0, 0.1) is 5.82 Å². The molecule has 1 N–H and O–H groups in total. The maximum absolute atomic E-state index is 12.9. The number of nitrogens with one attached hydrogen (secondary N) is 1. The van der Waals surface area contributed by atoms with E-state index in [0.717, 1.165) is 0 Å². The molecule has 3 nitrogen and oxygen atoms in total. The summed E-state index contributed by atoms with van der Waals surface area (Å²) in [5, 5.41) is 2.94. The summed E-state index contributed by atoms with van der Waals surface area (Å²) in [6.45, 7) is 2.79. The van der Waals surface area contributed by atoms with Gasteiger partial charge in [-0.25, -0.2) is 4.39 Å². The molecule has 0 heterocycles. The molecule has 0 aliphatic rings. The summed E-state index contributed by atoms with van der Waals surface area (Å²) in [7, 11) is 1.74. The summed E-state index contributed by atoms with van der Waals surface area (Å²) in [4.78, 5) is 13.1. The van der Waals surface area contributed by atoms with Crippen molar-refractivity contribution in [1.82, 2.24) is 4.90 Å². The molecule has 88 valence electrons. The zero-order chi connectivity index (χ0) is 12.1. The maximum atomic E-state index is 12.9. The summed E-state index contributed by atoms with van der Waals surface area (Å²) in [6.07, 6.45) is 0. The van der Waals surface area contributed by atoms with E-state index in [4.69, 9.17) is 0 Å². The number of nitrogens with zero attached hydrogens (tertiary/aromatic N) is 1. The zero-order valence-corrected chi connectivity index (χ0v) is 10.8. The molecular formula is C11H14BrFN2O. The molecule has 0 saturated heterocycles. The number of carbonyl (C=O) groups is 1. The zero-order valence-electron chi connectivity index (χ0n) is 9.26. The van der Waals surface area contributed by atoms with E-state index in [9.17, 15) is 9.18 Å². The van der Waals surface area contributed by atoms with Gasteiger partial charge in [-0.3, -0.25) is 4.79 Å². The smallest absolute Gasteiger partial charge is 0.241 e. The van der Waals surface area contributed by atoms with E-state index in [-0.39, 0.29) is 18.3 Å². The molecule has 0 atom stereocenters. The van der Waals surface area contributed by atoms with Crippen LogP contribution in [0.3, 0.4) is 0 Å². The van der Waals surface area contributed by atoms with Crippen LogP contribution in [-0.2, 0) is 4.79 Å². The van der Waals surface area contributed by atoms with Gasteiger partial charge in [-0.2, -0.15) is 0 Å². The van der Waals surface area contributed by atoms with Crippen molar-refractivity contribution in [2.75, 3.05) is 25.5 Å². The minimum atomic E-state index is -0.317. The lowest BCUT2D eigenvalue weighted by atomic mass is 10.3. The second kappa shape index (κ2) is 5.84. The van der Waals surface area contributed by atoms with E-state index < -0.39 is 0 Å². The molecule has 0 unspecified atom stereocenters. The number of rotatable bonds is 4. The predicted molar refractivity (Wildman–Crippen MR) is 65.9 cm³/mol. The first-order valence-electron chi connectivity index (χ1n) is 4.97. The molecule has 0 fully saturated rings. The minimum absolute atomic E-state index is 0.00273. The van der Waals surface area contributed by atoms with Crippen LogP contribution in [0.2, 0.25) is 0 Å². The third-order valence-corrected chi connectivity index (χ3v) is 2.87. The van der Waals surface area contributed by atoms with E-state index in [2.05, 4.69) is 21.2 Å². The highest BCUT2D eigenvalue weighted by atomic mass is 79.9. The fraction of sp³-hybridized carbons (Fsp3) is 0.364. The molecule has 0 saturated carbocycles. The van der Waals surface area contributed by atoms with Gasteiger partial charge in [0.15, 0.2) is 0 Å². The molecule has 1 aromatic rings. The Kier molecular flexibility index (Phi) is 4.73. The number of amides is 1. The van der Waals surface area contributed by atoms with Gasteiger partial charge >= 0.3 is 0 Å². The van der Waals surface area contributed by atoms with Crippen LogP contribution < -0.4 is 5.32 Å². The highest BCUT2D eigenvalue weighted by Gasteiger charge is 2.06. The second-order valence-corrected chi connectivity index (χ2v) is 4.24. The predicted octanol–water partition coefficient (Wildman–Crippen LogP) is 2.48. The minimum Gasteiger partial charge on any atom is -0.376 e. The molecular weight excluding hydrogens is 275 g/mol. The largest absolute Gasteiger partial charge is 0.376 e. The summed E-state index contributed by atoms with van der Waals surface area (Å²) >= 11 is 3.09. The second-order valence-electron chi connectivity index (χ2n) is 3.39. The van der Waals surface area contributed by atoms with Gasteiger partial charge in [0.25, 0.3) is 0 Å². The molecule has 0 spiro atoms. The van der Waals surface area contributed by atoms with Gasteiger partial charge in [-0.1, -0.05) is 0 Å². The number of hydrogen-bond acceptors (Lipinski definition) is 2. The lowest BCUT2D eigenvalue weighted by Crippen LogP contribution is -2.31. The van der Waals surface area contributed by atoms with Crippen LogP contribution >= 0.6 is 15.9 Å². The van der Waals surface area contributed by atoms with Gasteiger partial charge in [-0.15, -0.1) is 0 Å². The Hall–Kier alpha value is -1.10. The fourth-order valence-corrected chi connectivity index (χ4v) is 1.47. The number of hydrogen-bond donors (Lipinski definition) is 1. The molecule has 0 aliphatic heterocycles. The molecule has 1 amide bonds. The standard InChI is InChI=1S/C11H14BrFN2O/c1-3-15(2)11(16)7-14-8-4-5-10(13)9(12)6-8/h4-6,14H,3,7H2,1-2H3. The summed E-state index contributed by atoms with van der Waals surface area (Å²) in [5.74, 6) is -0.314. The van der Waals surface area contributed by atoms with Crippen LogP contribution in [0.1, 0.15) is 6.92 Å². The monoisotopic (exact) mass is 288 g/mol. The third kappa shape index (κ3) is 3.48. The summed E-state index contributed by atoms with van der Waals surface area (Å²) < 4.78 is 13.3. The number of benzene rings is 1. The fourth-order valence-electron chi connectivity index (χ4n) is 1.10. The van der Waals surface area contributed by atoms with Crippen molar-refractivity contribution in [3.05, 3.63) is 28.5 Å². The normalized spacial score (nSPS) is 10.0. The maximum Gasteiger partial charge on any atom is 0.241 e. The van der Waals surface area contributed by atoms with Crippen molar-refractivity contribution in [2.45, 2.75) is 6.92 Å². The average Bonchev–Trinajstić information content (AvgIpc) is 2.29. The van der Waals surface area contributed by atoms with Crippen molar-refractivity contribution in [3.63, 3.8) is 0 Å². The van der Waals surface area contributed by atoms with Gasteiger partial charge in [0.05, 0.1) is 11.0 Å². The first kappa shape index (κ1) is 13.0. The number of carbonyl (C=O) groups excluding carboxylic acids is 1. The van der Waals surface area contributed by atoms with E-state index >= 15 is 0 Å². The van der Waals surface area contributed by atoms with Crippen LogP contribution in [-0.4, -0.2) is 30.9 Å². The number of anilines is 1. The average molecular weight is 289 g/mol. The SMILES string of the molecule is CCN(C)C(=O)CNc1ccc(F)c(Br)c1. The summed E-state index contributed by atoms with van der Waals surface area (Å²) in [5.41, 5.74) is 0.714. The molecule has 5 heteroatoms. The van der Waals surface area contributed by atoms with E-state index in [1.165, 1.54) is 6.07 Å². The van der Waals surface area contributed by atoms with Crippen LogP contribution in [0.25, 0.3) is 0 Å². The summed E-state index contributed by atoms with van der Waals surface area (Å²) in [6, 6.07) is 4.55. The molecule has 1 rings (SSSR count). The quantitative estimate of drug-likeness (QED) is 0.923. The lowest BCUT2D eigenvalue weighted by molar-refractivity contribution is -0.127. The molecule has 0 bridgehead atoms. The van der Waals surface area contributed by atoms with Crippen molar-refractivity contribution in [1.29, 1.82) is 0 Å². The Bertz CT molecular complexity index is 384. The Morgan fingerprint density at radius 1 is 1.56 bits per heavy atom. The van der Waals surface area contributed by atoms with Gasteiger partial charge in [0.1, 0.15) is 5.82 Å². The van der Waals surface area contributed by atoms with Gasteiger partial charge < -0.3 is 10.2 Å².